The molecule has 0 aromatic heterocycles. The Labute approximate surface area is 138 Å². The molecule has 1 aromatic carbocycles. The van der Waals surface area contributed by atoms with Crippen LogP contribution in [0.1, 0.15) is 37.3 Å². The van der Waals surface area contributed by atoms with Crippen molar-refractivity contribution in [2.45, 2.75) is 37.3 Å². The Balaban J connectivity index is 1.76. The molecule has 1 spiro atoms. The summed E-state index contributed by atoms with van der Waals surface area (Å²) in [5, 5.41) is 0. The van der Waals surface area contributed by atoms with Gasteiger partial charge in [0.05, 0.1) is 5.60 Å². The first kappa shape index (κ1) is 15.8. The fourth-order valence-electron chi connectivity index (χ4n) is 3.49. The van der Waals surface area contributed by atoms with Crippen LogP contribution in [0.5, 0.6) is 0 Å². The highest BCUT2D eigenvalue weighted by Gasteiger charge is 2.40. The maximum atomic E-state index is 13.2. The van der Waals surface area contributed by atoms with Gasteiger partial charge < -0.3 is 10.5 Å². The molecule has 2 unspecified atom stereocenters. The third-order valence-corrected chi connectivity index (χ3v) is 6.44. The van der Waals surface area contributed by atoms with Crippen LogP contribution < -0.4 is 5.73 Å². The normalized spacial score (nSPS) is 26.7. The molecular formula is C16H21BrFNOS. The number of halogens is 2. The standard InChI is InChI=1S/C16H21BrFNOS/c17-14-9-12(18)1-2-13(14)15(19)11-3-6-20-16(10-11)4-7-21-8-5-16/h1-2,9,11,15H,3-8,10,19H2. The van der Waals surface area contributed by atoms with Crippen LogP contribution in [0.15, 0.2) is 22.7 Å². The zero-order valence-corrected chi connectivity index (χ0v) is 14.4. The Morgan fingerprint density at radius 2 is 2.14 bits per heavy atom. The van der Waals surface area contributed by atoms with Crippen molar-refractivity contribution in [2.75, 3.05) is 18.1 Å². The summed E-state index contributed by atoms with van der Waals surface area (Å²) in [4.78, 5) is 0. The number of hydrogen-bond acceptors (Lipinski definition) is 3. The molecule has 2 fully saturated rings. The lowest BCUT2D eigenvalue weighted by molar-refractivity contribution is -0.105. The quantitative estimate of drug-likeness (QED) is 0.839. The number of nitrogens with two attached hydrogens (primary N) is 1. The van der Waals surface area contributed by atoms with E-state index in [4.69, 9.17) is 10.5 Å². The van der Waals surface area contributed by atoms with Gasteiger partial charge in [0.25, 0.3) is 0 Å². The number of ether oxygens (including phenoxy) is 1. The molecule has 116 valence electrons. The summed E-state index contributed by atoms with van der Waals surface area (Å²) in [5.74, 6) is 2.54. The molecule has 2 saturated heterocycles. The van der Waals surface area contributed by atoms with Crippen molar-refractivity contribution in [3.05, 3.63) is 34.1 Å². The first-order valence-corrected chi connectivity index (χ1v) is 9.47. The van der Waals surface area contributed by atoms with E-state index >= 15 is 0 Å². The van der Waals surface area contributed by atoms with E-state index in [1.165, 1.54) is 23.6 Å². The van der Waals surface area contributed by atoms with E-state index < -0.39 is 0 Å². The molecule has 0 aliphatic carbocycles. The van der Waals surface area contributed by atoms with Crippen LogP contribution in [0.4, 0.5) is 4.39 Å². The second-order valence-electron chi connectivity index (χ2n) is 6.09. The van der Waals surface area contributed by atoms with Crippen molar-refractivity contribution >= 4 is 27.7 Å². The predicted molar refractivity (Wildman–Crippen MR) is 89.0 cm³/mol. The molecule has 0 saturated carbocycles. The van der Waals surface area contributed by atoms with Crippen molar-refractivity contribution in [3.63, 3.8) is 0 Å². The topological polar surface area (TPSA) is 35.2 Å². The number of rotatable bonds is 2. The molecule has 5 heteroatoms. The van der Waals surface area contributed by atoms with Gasteiger partial charge in [-0.15, -0.1) is 0 Å². The summed E-state index contributed by atoms with van der Waals surface area (Å²) >= 11 is 5.46. The smallest absolute Gasteiger partial charge is 0.124 e. The van der Waals surface area contributed by atoms with E-state index in [-0.39, 0.29) is 17.5 Å². The molecule has 2 heterocycles. The van der Waals surface area contributed by atoms with E-state index in [9.17, 15) is 4.39 Å². The summed E-state index contributed by atoms with van der Waals surface area (Å²) in [7, 11) is 0. The molecule has 2 nitrogen and oxygen atoms in total. The summed E-state index contributed by atoms with van der Waals surface area (Å²) in [5.41, 5.74) is 7.54. The van der Waals surface area contributed by atoms with Crippen molar-refractivity contribution in [2.24, 2.45) is 11.7 Å². The lowest BCUT2D eigenvalue weighted by Gasteiger charge is -2.45. The van der Waals surface area contributed by atoms with Crippen molar-refractivity contribution in [1.29, 1.82) is 0 Å². The molecule has 2 atom stereocenters. The largest absolute Gasteiger partial charge is 0.375 e. The van der Waals surface area contributed by atoms with Gasteiger partial charge in [-0.2, -0.15) is 11.8 Å². The summed E-state index contributed by atoms with van der Waals surface area (Å²) in [6.45, 7) is 0.793. The van der Waals surface area contributed by atoms with Gasteiger partial charge >= 0.3 is 0 Å². The first-order valence-electron chi connectivity index (χ1n) is 7.52. The van der Waals surface area contributed by atoms with Crippen molar-refractivity contribution in [3.8, 4) is 0 Å². The fraction of sp³-hybridized carbons (Fsp3) is 0.625. The molecule has 21 heavy (non-hydrogen) atoms. The second-order valence-corrected chi connectivity index (χ2v) is 8.17. The minimum absolute atomic E-state index is 0.0400. The Morgan fingerprint density at radius 1 is 1.38 bits per heavy atom. The molecule has 2 N–H and O–H groups in total. The van der Waals surface area contributed by atoms with Gasteiger partial charge in [-0.05, 0) is 60.8 Å². The number of benzene rings is 1. The predicted octanol–water partition coefficient (Wildman–Crippen LogP) is 4.28. The second kappa shape index (κ2) is 6.57. The number of thioether (sulfide) groups is 1. The van der Waals surface area contributed by atoms with Crippen LogP contribution in [0.2, 0.25) is 0 Å². The minimum atomic E-state index is -0.231. The zero-order valence-electron chi connectivity index (χ0n) is 12.0. The Kier molecular flexibility index (Phi) is 4.94. The molecule has 0 bridgehead atoms. The SMILES string of the molecule is NC(c1ccc(F)cc1Br)C1CCOC2(CCSCC2)C1. The lowest BCUT2D eigenvalue weighted by atomic mass is 9.77. The highest BCUT2D eigenvalue weighted by Crippen LogP contribution is 2.43. The van der Waals surface area contributed by atoms with Crippen LogP contribution in [0, 0.1) is 11.7 Å². The van der Waals surface area contributed by atoms with Crippen molar-refractivity contribution in [1.82, 2.24) is 0 Å². The van der Waals surface area contributed by atoms with Gasteiger partial charge in [0.2, 0.25) is 0 Å². The summed E-state index contributed by atoms with van der Waals surface area (Å²) in [6, 6.07) is 4.74. The summed E-state index contributed by atoms with van der Waals surface area (Å²) < 4.78 is 20.2. The highest BCUT2D eigenvalue weighted by molar-refractivity contribution is 9.10. The third-order valence-electron chi connectivity index (χ3n) is 4.76. The van der Waals surface area contributed by atoms with E-state index in [1.54, 1.807) is 0 Å². The van der Waals surface area contributed by atoms with Crippen LogP contribution in [-0.4, -0.2) is 23.7 Å². The maximum Gasteiger partial charge on any atom is 0.124 e. The fourth-order valence-corrected chi connectivity index (χ4v) is 5.34. The van der Waals surface area contributed by atoms with Gasteiger partial charge in [-0.1, -0.05) is 22.0 Å². The molecular weight excluding hydrogens is 353 g/mol. The zero-order chi connectivity index (χ0) is 14.9. The molecule has 2 aliphatic heterocycles. The van der Waals surface area contributed by atoms with E-state index in [0.717, 1.165) is 42.3 Å². The van der Waals surface area contributed by atoms with Crippen LogP contribution >= 0.6 is 27.7 Å². The Bertz CT molecular complexity index is 502. The lowest BCUT2D eigenvalue weighted by Crippen LogP contribution is -2.45. The first-order chi connectivity index (χ1) is 10.1. The minimum Gasteiger partial charge on any atom is -0.375 e. The molecule has 0 amide bonds. The number of hydrogen-bond donors (Lipinski definition) is 1. The molecule has 2 aliphatic rings. The molecule has 3 rings (SSSR count). The van der Waals surface area contributed by atoms with E-state index in [0.29, 0.717) is 5.92 Å². The highest BCUT2D eigenvalue weighted by atomic mass is 79.9. The van der Waals surface area contributed by atoms with Gasteiger partial charge in [0, 0.05) is 17.1 Å². The van der Waals surface area contributed by atoms with Gasteiger partial charge in [0.15, 0.2) is 0 Å². The Morgan fingerprint density at radius 3 is 2.86 bits per heavy atom. The maximum absolute atomic E-state index is 13.2. The van der Waals surface area contributed by atoms with Crippen LogP contribution in [-0.2, 0) is 4.74 Å². The third kappa shape index (κ3) is 3.46. The van der Waals surface area contributed by atoms with Gasteiger partial charge in [0.1, 0.15) is 5.82 Å². The van der Waals surface area contributed by atoms with Crippen molar-refractivity contribution < 1.29 is 9.13 Å². The van der Waals surface area contributed by atoms with E-state index in [1.807, 2.05) is 17.8 Å². The molecule has 1 aromatic rings. The monoisotopic (exact) mass is 373 g/mol. The Hall–Kier alpha value is -0.100. The van der Waals surface area contributed by atoms with Crippen LogP contribution in [0.25, 0.3) is 0 Å². The van der Waals surface area contributed by atoms with Crippen LogP contribution in [0.3, 0.4) is 0 Å². The average molecular weight is 374 g/mol. The van der Waals surface area contributed by atoms with Gasteiger partial charge in [-0.3, -0.25) is 0 Å². The summed E-state index contributed by atoms with van der Waals surface area (Å²) in [6.07, 6.45) is 4.27. The average Bonchev–Trinajstić information content (AvgIpc) is 2.47. The van der Waals surface area contributed by atoms with Gasteiger partial charge in [-0.25, -0.2) is 4.39 Å². The van der Waals surface area contributed by atoms with E-state index in [2.05, 4.69) is 15.9 Å². The molecule has 0 radical (unpaired) electrons.